The number of aromatic nitrogens is 1. The van der Waals surface area contributed by atoms with Gasteiger partial charge in [-0.15, -0.1) is 0 Å². The number of carbonyl (C=O) groups is 2. The fourth-order valence-corrected chi connectivity index (χ4v) is 3.58. The second kappa shape index (κ2) is 8.66. The average Bonchev–Trinajstić information content (AvgIpc) is 2.70. The van der Waals surface area contributed by atoms with Crippen LogP contribution in [0.5, 0.6) is 5.75 Å². The average molecular weight is 367 g/mol. The van der Waals surface area contributed by atoms with Crippen molar-refractivity contribution in [3.63, 3.8) is 0 Å². The monoisotopic (exact) mass is 367 g/mol. The maximum atomic E-state index is 12.9. The maximum Gasteiger partial charge on any atom is 0.225 e. The van der Waals surface area contributed by atoms with Crippen molar-refractivity contribution < 1.29 is 14.3 Å². The Kier molecular flexibility index (Phi) is 6.06. The number of pyridine rings is 1. The summed E-state index contributed by atoms with van der Waals surface area (Å²) in [6.45, 7) is 0.550. The highest BCUT2D eigenvalue weighted by atomic mass is 16.5. The van der Waals surface area contributed by atoms with Gasteiger partial charge in [-0.05, 0) is 42.2 Å². The quantitative estimate of drug-likeness (QED) is 0.851. The lowest BCUT2D eigenvalue weighted by atomic mass is 9.84. The fraction of sp³-hybridized carbons (Fsp3) is 0.381. The molecule has 1 saturated heterocycles. The highest BCUT2D eigenvalue weighted by molar-refractivity contribution is 5.84. The van der Waals surface area contributed by atoms with E-state index in [9.17, 15) is 9.59 Å². The third-order valence-electron chi connectivity index (χ3n) is 5.09. The normalized spacial score (nSPS) is 19.6. The molecule has 1 N–H and O–H groups in total. The van der Waals surface area contributed by atoms with Gasteiger partial charge in [0.05, 0.1) is 19.1 Å². The van der Waals surface area contributed by atoms with Gasteiger partial charge in [0.2, 0.25) is 11.8 Å². The second-order valence-electron chi connectivity index (χ2n) is 6.77. The van der Waals surface area contributed by atoms with Crippen LogP contribution in [0.15, 0.2) is 48.8 Å². The number of nitrogens with one attached hydrogen (secondary N) is 1. The molecule has 0 aliphatic carbocycles. The van der Waals surface area contributed by atoms with Crippen molar-refractivity contribution >= 4 is 11.8 Å². The zero-order valence-electron chi connectivity index (χ0n) is 15.7. The number of amides is 2. The lowest BCUT2D eigenvalue weighted by Gasteiger charge is -2.38. The van der Waals surface area contributed by atoms with E-state index in [0.29, 0.717) is 19.4 Å². The van der Waals surface area contributed by atoms with Crippen LogP contribution in [0.1, 0.15) is 30.0 Å². The molecule has 1 aromatic carbocycles. The molecular formula is C21H25N3O3. The standard InChI is InChI=1S/C21H25N3O3/c1-24-19(25)10-9-18(20(24)16-5-7-17(27-2)8-6-16)21(26)23-13-11-15-4-3-12-22-14-15/h3-8,12,14,18,20H,9-11,13H2,1-2H3,(H,23,26)/t18-,20+/m1/s1. The summed E-state index contributed by atoms with van der Waals surface area (Å²) in [6, 6.07) is 11.2. The van der Waals surface area contributed by atoms with Crippen molar-refractivity contribution in [2.24, 2.45) is 5.92 Å². The molecule has 1 aliphatic heterocycles. The number of benzene rings is 1. The van der Waals surface area contributed by atoms with Crippen molar-refractivity contribution in [3.8, 4) is 5.75 Å². The third-order valence-corrected chi connectivity index (χ3v) is 5.09. The first-order valence-electron chi connectivity index (χ1n) is 9.16. The first-order valence-corrected chi connectivity index (χ1v) is 9.16. The van der Waals surface area contributed by atoms with Crippen LogP contribution in [-0.4, -0.2) is 42.4 Å². The maximum absolute atomic E-state index is 12.9. The molecule has 0 bridgehead atoms. The molecule has 2 heterocycles. The highest BCUT2D eigenvalue weighted by Crippen LogP contribution is 2.36. The van der Waals surface area contributed by atoms with Crippen LogP contribution in [-0.2, 0) is 16.0 Å². The van der Waals surface area contributed by atoms with Crippen LogP contribution in [0.2, 0.25) is 0 Å². The summed E-state index contributed by atoms with van der Waals surface area (Å²) in [5.41, 5.74) is 2.03. The van der Waals surface area contributed by atoms with E-state index in [4.69, 9.17) is 4.74 Å². The summed E-state index contributed by atoms with van der Waals surface area (Å²) in [5, 5.41) is 3.03. The zero-order valence-corrected chi connectivity index (χ0v) is 15.7. The van der Waals surface area contributed by atoms with E-state index in [1.54, 1.807) is 31.5 Å². The summed E-state index contributed by atoms with van der Waals surface area (Å²) in [6.07, 6.45) is 5.21. The first kappa shape index (κ1) is 18.9. The van der Waals surface area contributed by atoms with Gasteiger partial charge in [0, 0.05) is 32.4 Å². The molecule has 27 heavy (non-hydrogen) atoms. The molecule has 1 fully saturated rings. The molecule has 2 aromatic rings. The van der Waals surface area contributed by atoms with Crippen molar-refractivity contribution in [2.45, 2.75) is 25.3 Å². The van der Waals surface area contributed by atoms with Gasteiger partial charge in [-0.1, -0.05) is 18.2 Å². The van der Waals surface area contributed by atoms with Gasteiger partial charge >= 0.3 is 0 Å². The van der Waals surface area contributed by atoms with Crippen molar-refractivity contribution in [1.82, 2.24) is 15.2 Å². The van der Waals surface area contributed by atoms with Crippen LogP contribution in [0, 0.1) is 5.92 Å². The summed E-state index contributed by atoms with van der Waals surface area (Å²) in [7, 11) is 3.39. The van der Waals surface area contributed by atoms with Crippen LogP contribution >= 0.6 is 0 Å². The minimum Gasteiger partial charge on any atom is -0.497 e. The van der Waals surface area contributed by atoms with Gasteiger partial charge in [0.15, 0.2) is 0 Å². The Balaban J connectivity index is 1.70. The Morgan fingerprint density at radius 1 is 1.30 bits per heavy atom. The van der Waals surface area contributed by atoms with E-state index in [0.717, 1.165) is 23.3 Å². The molecule has 2 amide bonds. The van der Waals surface area contributed by atoms with E-state index in [1.807, 2.05) is 36.4 Å². The number of hydrogen-bond acceptors (Lipinski definition) is 4. The molecule has 3 rings (SSSR count). The summed E-state index contributed by atoms with van der Waals surface area (Å²) < 4.78 is 5.21. The largest absolute Gasteiger partial charge is 0.497 e. The lowest BCUT2D eigenvalue weighted by molar-refractivity contribution is -0.141. The van der Waals surface area contributed by atoms with E-state index in [-0.39, 0.29) is 23.8 Å². The molecule has 1 aliphatic rings. The third kappa shape index (κ3) is 4.45. The van der Waals surface area contributed by atoms with Crippen molar-refractivity contribution in [2.75, 3.05) is 20.7 Å². The number of carbonyl (C=O) groups excluding carboxylic acids is 2. The van der Waals surface area contributed by atoms with Gasteiger partial charge in [-0.2, -0.15) is 0 Å². The zero-order chi connectivity index (χ0) is 19.2. The number of rotatable bonds is 6. The van der Waals surface area contributed by atoms with Gasteiger partial charge in [0.25, 0.3) is 0 Å². The number of hydrogen-bond donors (Lipinski definition) is 1. The van der Waals surface area contributed by atoms with Gasteiger partial charge < -0.3 is 15.0 Å². The van der Waals surface area contributed by atoms with Crippen LogP contribution in [0.4, 0.5) is 0 Å². The number of nitrogens with zero attached hydrogens (tertiary/aromatic N) is 2. The van der Waals surface area contributed by atoms with Crippen molar-refractivity contribution in [3.05, 3.63) is 59.9 Å². The van der Waals surface area contributed by atoms with Crippen LogP contribution in [0.3, 0.4) is 0 Å². The lowest BCUT2D eigenvalue weighted by Crippen LogP contribution is -2.46. The molecule has 1 aromatic heterocycles. The van der Waals surface area contributed by atoms with Gasteiger partial charge in [-0.25, -0.2) is 0 Å². The summed E-state index contributed by atoms with van der Waals surface area (Å²) in [4.78, 5) is 30.9. The first-order chi connectivity index (χ1) is 13.1. The van der Waals surface area contributed by atoms with Crippen LogP contribution < -0.4 is 10.1 Å². The molecule has 0 unspecified atom stereocenters. The smallest absolute Gasteiger partial charge is 0.225 e. The molecule has 0 saturated carbocycles. The Bertz CT molecular complexity index is 777. The minimum absolute atomic E-state index is 0.0148. The highest BCUT2D eigenvalue weighted by Gasteiger charge is 2.38. The summed E-state index contributed by atoms with van der Waals surface area (Å²) in [5.74, 6) is 0.533. The number of piperidine rings is 1. The SMILES string of the molecule is COc1ccc([C@H]2[C@H](C(=O)NCCc3cccnc3)CCC(=O)N2C)cc1. The minimum atomic E-state index is -0.269. The molecule has 0 radical (unpaired) electrons. The summed E-state index contributed by atoms with van der Waals surface area (Å²) >= 11 is 0. The predicted octanol–water partition coefficient (Wildman–Crippen LogP) is 2.36. The van der Waals surface area contributed by atoms with E-state index >= 15 is 0 Å². The van der Waals surface area contributed by atoms with E-state index < -0.39 is 0 Å². The Morgan fingerprint density at radius 3 is 2.74 bits per heavy atom. The Morgan fingerprint density at radius 2 is 2.07 bits per heavy atom. The Labute approximate surface area is 159 Å². The fourth-order valence-electron chi connectivity index (χ4n) is 3.58. The molecule has 6 heteroatoms. The molecule has 0 spiro atoms. The molecule has 6 nitrogen and oxygen atoms in total. The molecular weight excluding hydrogens is 342 g/mol. The predicted molar refractivity (Wildman–Crippen MR) is 102 cm³/mol. The van der Waals surface area contributed by atoms with Gasteiger partial charge in [0.1, 0.15) is 5.75 Å². The van der Waals surface area contributed by atoms with Gasteiger partial charge in [-0.3, -0.25) is 14.6 Å². The molecule has 142 valence electrons. The topological polar surface area (TPSA) is 71.5 Å². The Hall–Kier alpha value is -2.89. The van der Waals surface area contributed by atoms with Crippen LogP contribution in [0.25, 0.3) is 0 Å². The number of likely N-dealkylation sites (tertiary alicyclic amines) is 1. The van der Waals surface area contributed by atoms with Crippen molar-refractivity contribution in [1.29, 1.82) is 0 Å². The van der Waals surface area contributed by atoms with E-state index in [2.05, 4.69) is 10.3 Å². The number of methoxy groups -OCH3 is 1. The molecule has 2 atom stereocenters. The second-order valence-corrected chi connectivity index (χ2v) is 6.77. The van der Waals surface area contributed by atoms with E-state index in [1.165, 1.54) is 0 Å². The number of ether oxygens (including phenoxy) is 1.